The van der Waals surface area contributed by atoms with Crippen molar-refractivity contribution in [3.05, 3.63) is 95.6 Å². The van der Waals surface area contributed by atoms with Crippen LogP contribution in [0.4, 0.5) is 4.79 Å². The molecule has 1 aliphatic carbocycles. The molecule has 5 rings (SSSR count). The predicted octanol–water partition coefficient (Wildman–Crippen LogP) is 4.54. The standard InChI is InChI=1S/C32H35N3O5/c36-29(37)15-8-18-33-30(38)32(16-19-35(20-17-32)21-23-9-2-1-3-10-23)34-31(39)40-22-28-26-13-6-4-11-24(26)25-12-5-7-14-27(25)28/h1-7,9-14,28H,8,15-22H2,(H,33,38)(H,34,39)(H,36,37). The molecule has 8 nitrogen and oxygen atoms in total. The fourth-order valence-corrected chi connectivity index (χ4v) is 5.78. The fourth-order valence-electron chi connectivity index (χ4n) is 5.78. The molecular weight excluding hydrogens is 506 g/mol. The molecule has 0 bridgehead atoms. The number of benzene rings is 3. The van der Waals surface area contributed by atoms with E-state index in [1.807, 2.05) is 42.5 Å². The Kier molecular flexibility index (Phi) is 8.45. The number of ether oxygens (including phenoxy) is 1. The van der Waals surface area contributed by atoms with Gasteiger partial charge in [-0.25, -0.2) is 4.79 Å². The van der Waals surface area contributed by atoms with Gasteiger partial charge in [0.15, 0.2) is 0 Å². The molecule has 0 radical (unpaired) electrons. The minimum atomic E-state index is -1.13. The molecule has 1 fully saturated rings. The van der Waals surface area contributed by atoms with Crippen LogP contribution in [0.2, 0.25) is 0 Å². The van der Waals surface area contributed by atoms with E-state index in [0.717, 1.165) is 28.8 Å². The average Bonchev–Trinajstić information content (AvgIpc) is 3.29. The number of carboxylic acid groups (broad SMARTS) is 1. The molecule has 2 aliphatic rings. The highest BCUT2D eigenvalue weighted by Crippen LogP contribution is 2.44. The van der Waals surface area contributed by atoms with Gasteiger partial charge in [-0.3, -0.25) is 14.5 Å². The molecule has 0 atom stereocenters. The van der Waals surface area contributed by atoms with Crippen LogP contribution in [0.15, 0.2) is 78.9 Å². The number of carbonyl (C=O) groups excluding carboxylic acids is 2. The van der Waals surface area contributed by atoms with E-state index < -0.39 is 17.6 Å². The number of hydrogen-bond acceptors (Lipinski definition) is 5. The number of amides is 2. The van der Waals surface area contributed by atoms with Crippen LogP contribution < -0.4 is 10.6 Å². The maximum absolute atomic E-state index is 13.4. The number of hydrogen-bond donors (Lipinski definition) is 3. The molecule has 3 N–H and O–H groups in total. The zero-order chi connectivity index (χ0) is 28.0. The lowest BCUT2D eigenvalue weighted by atomic mass is 9.86. The quantitative estimate of drug-likeness (QED) is 0.325. The van der Waals surface area contributed by atoms with Crippen LogP contribution in [0.3, 0.4) is 0 Å². The minimum absolute atomic E-state index is 0.0298. The first-order valence-electron chi connectivity index (χ1n) is 13.8. The highest BCUT2D eigenvalue weighted by Gasteiger charge is 2.43. The molecule has 1 aliphatic heterocycles. The molecular formula is C32H35N3O5. The lowest BCUT2D eigenvalue weighted by molar-refractivity contribution is -0.137. The highest BCUT2D eigenvalue weighted by atomic mass is 16.5. The SMILES string of the molecule is O=C(O)CCCNC(=O)C1(NC(=O)OCC2c3ccccc3-c3ccccc32)CCN(Cc2ccccc2)CC1. The first kappa shape index (κ1) is 27.4. The van der Waals surface area contributed by atoms with Crippen LogP contribution in [0.25, 0.3) is 11.1 Å². The number of aliphatic carboxylic acids is 1. The summed E-state index contributed by atoms with van der Waals surface area (Å²) in [5, 5.41) is 14.7. The maximum atomic E-state index is 13.4. The Morgan fingerprint density at radius 1 is 0.875 bits per heavy atom. The second-order valence-electron chi connectivity index (χ2n) is 10.5. The van der Waals surface area contributed by atoms with E-state index in [2.05, 4.69) is 51.9 Å². The number of carbonyl (C=O) groups is 3. The van der Waals surface area contributed by atoms with Crippen molar-refractivity contribution in [2.75, 3.05) is 26.2 Å². The Labute approximate surface area is 234 Å². The number of rotatable bonds is 10. The summed E-state index contributed by atoms with van der Waals surface area (Å²) in [4.78, 5) is 39.7. The number of nitrogens with zero attached hydrogens (tertiary/aromatic N) is 1. The number of alkyl carbamates (subject to hydrolysis) is 1. The van der Waals surface area contributed by atoms with Gasteiger partial charge in [0.1, 0.15) is 12.1 Å². The minimum Gasteiger partial charge on any atom is -0.481 e. The number of carboxylic acids is 1. The van der Waals surface area contributed by atoms with E-state index in [1.165, 1.54) is 5.56 Å². The lowest BCUT2D eigenvalue weighted by Crippen LogP contribution is -2.63. The van der Waals surface area contributed by atoms with Gasteiger partial charge >= 0.3 is 12.1 Å². The van der Waals surface area contributed by atoms with Gasteiger partial charge in [-0.2, -0.15) is 0 Å². The van der Waals surface area contributed by atoms with Gasteiger partial charge in [-0.1, -0.05) is 78.9 Å². The molecule has 1 saturated heterocycles. The molecule has 0 spiro atoms. The van der Waals surface area contributed by atoms with Crippen molar-refractivity contribution in [1.82, 2.24) is 15.5 Å². The fraction of sp³-hybridized carbons (Fsp3) is 0.344. The topological polar surface area (TPSA) is 108 Å². The van der Waals surface area contributed by atoms with Gasteiger partial charge in [-0.05, 0) is 47.1 Å². The second kappa shape index (κ2) is 12.3. The van der Waals surface area contributed by atoms with Crippen molar-refractivity contribution in [3.8, 4) is 11.1 Å². The van der Waals surface area contributed by atoms with Crippen LogP contribution in [0, 0.1) is 0 Å². The first-order chi connectivity index (χ1) is 19.4. The normalized spacial score (nSPS) is 16.0. The molecule has 3 aromatic carbocycles. The first-order valence-corrected chi connectivity index (χ1v) is 13.8. The third-order valence-corrected chi connectivity index (χ3v) is 7.93. The smallest absolute Gasteiger partial charge is 0.408 e. The van der Waals surface area contributed by atoms with E-state index in [9.17, 15) is 14.4 Å². The number of nitrogens with one attached hydrogen (secondary N) is 2. The number of likely N-dealkylation sites (tertiary alicyclic amines) is 1. The summed E-state index contributed by atoms with van der Waals surface area (Å²) in [5.41, 5.74) is 4.61. The Morgan fingerprint density at radius 3 is 2.10 bits per heavy atom. The summed E-state index contributed by atoms with van der Waals surface area (Å²) < 4.78 is 5.78. The molecule has 0 unspecified atom stereocenters. The lowest BCUT2D eigenvalue weighted by Gasteiger charge is -2.40. The zero-order valence-corrected chi connectivity index (χ0v) is 22.5. The third-order valence-electron chi connectivity index (χ3n) is 7.93. The van der Waals surface area contributed by atoms with Crippen LogP contribution in [-0.4, -0.2) is 59.8 Å². The predicted molar refractivity (Wildman–Crippen MR) is 152 cm³/mol. The highest BCUT2D eigenvalue weighted by molar-refractivity contribution is 5.90. The Bertz CT molecular complexity index is 1310. The van der Waals surface area contributed by atoms with Crippen molar-refractivity contribution in [3.63, 3.8) is 0 Å². The summed E-state index contributed by atoms with van der Waals surface area (Å²) in [6.07, 6.45) is 0.517. The van der Waals surface area contributed by atoms with E-state index in [-0.39, 0.29) is 31.4 Å². The van der Waals surface area contributed by atoms with Gasteiger partial charge in [0, 0.05) is 38.5 Å². The van der Waals surface area contributed by atoms with Crippen LogP contribution in [-0.2, 0) is 20.9 Å². The van der Waals surface area contributed by atoms with Crippen LogP contribution >= 0.6 is 0 Å². The molecule has 0 aromatic heterocycles. The Balaban J connectivity index is 1.24. The van der Waals surface area contributed by atoms with Crippen molar-refractivity contribution in [2.24, 2.45) is 0 Å². The van der Waals surface area contributed by atoms with Crippen molar-refractivity contribution >= 4 is 18.0 Å². The number of fused-ring (bicyclic) bond motifs is 3. The van der Waals surface area contributed by atoms with Gasteiger partial charge < -0.3 is 20.5 Å². The average molecular weight is 542 g/mol. The van der Waals surface area contributed by atoms with E-state index in [0.29, 0.717) is 32.4 Å². The van der Waals surface area contributed by atoms with Gasteiger partial charge in [0.2, 0.25) is 5.91 Å². The summed E-state index contributed by atoms with van der Waals surface area (Å²) in [6.45, 7) is 2.41. The third kappa shape index (κ3) is 6.18. The molecule has 1 heterocycles. The summed E-state index contributed by atoms with van der Waals surface area (Å²) in [7, 11) is 0. The van der Waals surface area contributed by atoms with Gasteiger partial charge in [0.25, 0.3) is 0 Å². The van der Waals surface area contributed by atoms with Crippen molar-refractivity contribution in [2.45, 2.75) is 43.7 Å². The van der Waals surface area contributed by atoms with Gasteiger partial charge in [0.05, 0.1) is 0 Å². The van der Waals surface area contributed by atoms with Crippen molar-refractivity contribution < 1.29 is 24.2 Å². The molecule has 3 aromatic rings. The zero-order valence-electron chi connectivity index (χ0n) is 22.5. The molecule has 0 saturated carbocycles. The van der Waals surface area contributed by atoms with Crippen LogP contribution in [0.1, 0.15) is 48.3 Å². The Morgan fingerprint density at radius 2 is 1.48 bits per heavy atom. The molecule has 208 valence electrons. The summed E-state index contributed by atoms with van der Waals surface area (Å²) >= 11 is 0. The monoisotopic (exact) mass is 541 g/mol. The largest absolute Gasteiger partial charge is 0.481 e. The van der Waals surface area contributed by atoms with Crippen LogP contribution in [0.5, 0.6) is 0 Å². The molecule has 2 amide bonds. The second-order valence-corrected chi connectivity index (χ2v) is 10.5. The maximum Gasteiger partial charge on any atom is 0.408 e. The van der Waals surface area contributed by atoms with Crippen molar-refractivity contribution in [1.29, 1.82) is 0 Å². The van der Waals surface area contributed by atoms with E-state index >= 15 is 0 Å². The Hall–Kier alpha value is -4.17. The van der Waals surface area contributed by atoms with Gasteiger partial charge in [-0.15, -0.1) is 0 Å². The molecule has 40 heavy (non-hydrogen) atoms. The summed E-state index contributed by atoms with van der Waals surface area (Å²) in [5.74, 6) is -1.28. The molecule has 8 heteroatoms. The summed E-state index contributed by atoms with van der Waals surface area (Å²) in [6, 6.07) is 26.4. The van der Waals surface area contributed by atoms with E-state index in [1.54, 1.807) is 0 Å². The number of piperidine rings is 1. The van der Waals surface area contributed by atoms with E-state index in [4.69, 9.17) is 9.84 Å².